The summed E-state index contributed by atoms with van der Waals surface area (Å²) in [7, 11) is 0. The molecule has 0 bridgehead atoms. The van der Waals surface area contributed by atoms with Gasteiger partial charge < -0.3 is 10.5 Å². The van der Waals surface area contributed by atoms with Crippen molar-refractivity contribution in [3.8, 4) is 0 Å². The molecule has 1 fully saturated rings. The maximum absolute atomic E-state index is 5.97. The van der Waals surface area contributed by atoms with Crippen molar-refractivity contribution in [3.63, 3.8) is 0 Å². The molecule has 3 heteroatoms. The molecule has 1 aliphatic heterocycles. The highest BCUT2D eigenvalue weighted by molar-refractivity contribution is 4.92. The first kappa shape index (κ1) is 12.9. The third-order valence-corrected chi connectivity index (χ3v) is 3.35. The van der Waals surface area contributed by atoms with Crippen molar-refractivity contribution >= 4 is 0 Å². The van der Waals surface area contributed by atoms with Gasteiger partial charge in [-0.3, -0.25) is 4.90 Å². The summed E-state index contributed by atoms with van der Waals surface area (Å²) < 4.78 is 5.47. The summed E-state index contributed by atoms with van der Waals surface area (Å²) in [6.07, 6.45) is 1.16. The average molecular weight is 214 g/mol. The van der Waals surface area contributed by atoms with Crippen LogP contribution in [0.1, 0.15) is 34.1 Å². The van der Waals surface area contributed by atoms with Crippen molar-refractivity contribution in [3.05, 3.63) is 0 Å². The number of nitrogens with zero attached hydrogens (tertiary/aromatic N) is 1. The summed E-state index contributed by atoms with van der Waals surface area (Å²) in [4.78, 5) is 2.52. The molecule has 90 valence electrons. The van der Waals surface area contributed by atoms with Crippen LogP contribution in [0.2, 0.25) is 0 Å². The lowest BCUT2D eigenvalue weighted by Gasteiger charge is -2.47. The Kier molecular flexibility index (Phi) is 4.56. The minimum Gasteiger partial charge on any atom is -0.379 e. The number of nitrogens with two attached hydrogens (primary N) is 1. The Morgan fingerprint density at radius 1 is 1.53 bits per heavy atom. The lowest BCUT2D eigenvalue weighted by Crippen LogP contribution is -2.59. The van der Waals surface area contributed by atoms with Gasteiger partial charge in [0.2, 0.25) is 0 Å². The normalized spacial score (nSPS) is 28.0. The molecular formula is C12H26N2O. The molecule has 2 N–H and O–H groups in total. The standard InChI is InChI=1S/C12H26N2O/c1-10(2)7-12(4,9-13)14-5-6-15-8-11(14)3/h10-11H,5-9,13H2,1-4H3. The minimum absolute atomic E-state index is 0.136. The highest BCUT2D eigenvalue weighted by Crippen LogP contribution is 2.26. The Bertz CT molecular complexity index is 196. The fraction of sp³-hybridized carbons (Fsp3) is 1.00. The zero-order valence-electron chi connectivity index (χ0n) is 10.6. The van der Waals surface area contributed by atoms with Crippen molar-refractivity contribution in [2.24, 2.45) is 11.7 Å². The van der Waals surface area contributed by atoms with Gasteiger partial charge in [0, 0.05) is 24.7 Å². The van der Waals surface area contributed by atoms with Crippen molar-refractivity contribution in [2.75, 3.05) is 26.3 Å². The summed E-state index contributed by atoms with van der Waals surface area (Å²) in [5.74, 6) is 0.689. The van der Waals surface area contributed by atoms with Crippen LogP contribution < -0.4 is 5.73 Å². The second-order valence-electron chi connectivity index (χ2n) is 5.42. The Labute approximate surface area is 94.0 Å². The fourth-order valence-electron chi connectivity index (χ4n) is 2.73. The van der Waals surface area contributed by atoms with Crippen molar-refractivity contribution in [2.45, 2.75) is 45.7 Å². The number of rotatable bonds is 4. The monoisotopic (exact) mass is 214 g/mol. The molecule has 0 spiro atoms. The molecule has 15 heavy (non-hydrogen) atoms. The Hall–Kier alpha value is -0.120. The van der Waals surface area contributed by atoms with Crippen LogP contribution in [0.3, 0.4) is 0 Å². The summed E-state index contributed by atoms with van der Waals surface area (Å²) in [5, 5.41) is 0. The lowest BCUT2D eigenvalue weighted by atomic mass is 9.87. The second-order valence-corrected chi connectivity index (χ2v) is 5.42. The first-order valence-electron chi connectivity index (χ1n) is 6.04. The van der Waals surface area contributed by atoms with Crippen LogP contribution >= 0.6 is 0 Å². The number of morpholine rings is 1. The van der Waals surface area contributed by atoms with E-state index in [0.29, 0.717) is 12.0 Å². The quantitative estimate of drug-likeness (QED) is 0.770. The van der Waals surface area contributed by atoms with Crippen molar-refractivity contribution in [1.82, 2.24) is 4.90 Å². The molecule has 0 aliphatic carbocycles. The van der Waals surface area contributed by atoms with E-state index in [4.69, 9.17) is 10.5 Å². The SMILES string of the molecule is CC(C)CC(C)(CN)N1CCOCC1C. The van der Waals surface area contributed by atoms with Crippen molar-refractivity contribution in [1.29, 1.82) is 0 Å². The maximum atomic E-state index is 5.97. The molecule has 2 atom stereocenters. The van der Waals surface area contributed by atoms with Crippen LogP contribution in [0.5, 0.6) is 0 Å². The fourth-order valence-corrected chi connectivity index (χ4v) is 2.73. The van der Waals surface area contributed by atoms with Gasteiger partial charge >= 0.3 is 0 Å². The molecule has 0 aromatic heterocycles. The molecule has 3 nitrogen and oxygen atoms in total. The first-order valence-corrected chi connectivity index (χ1v) is 6.04. The van der Waals surface area contributed by atoms with E-state index in [1.165, 1.54) is 0 Å². The smallest absolute Gasteiger partial charge is 0.0620 e. The van der Waals surface area contributed by atoms with Gasteiger partial charge in [-0.15, -0.1) is 0 Å². The van der Waals surface area contributed by atoms with Crippen LogP contribution in [-0.4, -0.2) is 42.8 Å². The molecular weight excluding hydrogens is 188 g/mol. The predicted molar refractivity (Wildman–Crippen MR) is 63.9 cm³/mol. The summed E-state index contributed by atoms with van der Waals surface area (Å²) >= 11 is 0. The molecule has 1 heterocycles. The van der Waals surface area contributed by atoms with Gasteiger partial charge in [-0.05, 0) is 26.2 Å². The number of hydrogen-bond acceptors (Lipinski definition) is 3. The summed E-state index contributed by atoms with van der Waals surface area (Å²) in [6, 6.07) is 0.492. The zero-order chi connectivity index (χ0) is 11.5. The maximum Gasteiger partial charge on any atom is 0.0620 e. The van der Waals surface area contributed by atoms with Crippen LogP contribution in [0, 0.1) is 5.92 Å². The van der Waals surface area contributed by atoms with Gasteiger partial charge in [0.1, 0.15) is 0 Å². The number of hydrogen-bond donors (Lipinski definition) is 1. The molecule has 1 aliphatic rings. The molecule has 0 amide bonds. The Morgan fingerprint density at radius 3 is 2.67 bits per heavy atom. The van der Waals surface area contributed by atoms with E-state index in [2.05, 4.69) is 32.6 Å². The number of ether oxygens (including phenoxy) is 1. The van der Waals surface area contributed by atoms with Crippen LogP contribution in [0.4, 0.5) is 0 Å². The topological polar surface area (TPSA) is 38.5 Å². The Morgan fingerprint density at radius 2 is 2.20 bits per heavy atom. The highest BCUT2D eigenvalue weighted by atomic mass is 16.5. The van der Waals surface area contributed by atoms with E-state index in [-0.39, 0.29) is 5.54 Å². The van der Waals surface area contributed by atoms with Gasteiger partial charge in [-0.25, -0.2) is 0 Å². The lowest BCUT2D eigenvalue weighted by molar-refractivity contribution is -0.0566. The molecule has 0 saturated carbocycles. The van der Waals surface area contributed by atoms with Gasteiger partial charge in [-0.2, -0.15) is 0 Å². The summed E-state index contributed by atoms with van der Waals surface area (Å²) in [6.45, 7) is 12.5. The molecule has 0 aromatic rings. The van der Waals surface area contributed by atoms with E-state index in [0.717, 1.165) is 32.7 Å². The van der Waals surface area contributed by atoms with E-state index < -0.39 is 0 Å². The van der Waals surface area contributed by atoms with Crippen LogP contribution in [0.25, 0.3) is 0 Å². The van der Waals surface area contributed by atoms with E-state index in [1.807, 2.05) is 0 Å². The molecule has 1 saturated heterocycles. The Balaban J connectivity index is 2.69. The third-order valence-electron chi connectivity index (χ3n) is 3.35. The van der Waals surface area contributed by atoms with Gasteiger partial charge in [-0.1, -0.05) is 13.8 Å². The van der Waals surface area contributed by atoms with Crippen LogP contribution in [0.15, 0.2) is 0 Å². The van der Waals surface area contributed by atoms with Crippen LogP contribution in [-0.2, 0) is 4.74 Å². The minimum atomic E-state index is 0.136. The van der Waals surface area contributed by atoms with E-state index >= 15 is 0 Å². The molecule has 2 unspecified atom stereocenters. The predicted octanol–water partition coefficient (Wildman–Crippen LogP) is 1.47. The zero-order valence-corrected chi connectivity index (χ0v) is 10.6. The molecule has 0 aromatic carbocycles. The van der Waals surface area contributed by atoms with Gasteiger partial charge in [0.05, 0.1) is 13.2 Å². The average Bonchev–Trinajstić information content (AvgIpc) is 2.17. The highest BCUT2D eigenvalue weighted by Gasteiger charge is 2.35. The van der Waals surface area contributed by atoms with Gasteiger partial charge in [0.25, 0.3) is 0 Å². The largest absolute Gasteiger partial charge is 0.379 e. The van der Waals surface area contributed by atoms with Gasteiger partial charge in [0.15, 0.2) is 0 Å². The van der Waals surface area contributed by atoms with E-state index in [9.17, 15) is 0 Å². The van der Waals surface area contributed by atoms with E-state index in [1.54, 1.807) is 0 Å². The summed E-state index contributed by atoms with van der Waals surface area (Å²) in [5.41, 5.74) is 6.10. The molecule has 0 radical (unpaired) electrons. The molecule has 1 rings (SSSR count). The first-order chi connectivity index (χ1) is 6.99. The second kappa shape index (κ2) is 5.28. The van der Waals surface area contributed by atoms with Crippen molar-refractivity contribution < 1.29 is 4.74 Å². The third kappa shape index (κ3) is 3.16.